The summed E-state index contributed by atoms with van der Waals surface area (Å²) in [7, 11) is -2.20. The van der Waals surface area contributed by atoms with Crippen molar-refractivity contribution in [2.75, 3.05) is 13.2 Å². The van der Waals surface area contributed by atoms with Crippen LogP contribution < -0.4 is 4.98 Å². The van der Waals surface area contributed by atoms with Crippen LogP contribution in [-0.4, -0.2) is 28.0 Å². The maximum absolute atomic E-state index is 6.13. The summed E-state index contributed by atoms with van der Waals surface area (Å²) in [5.74, 6) is 0. The zero-order valence-corrected chi connectivity index (χ0v) is 12.9. The Balaban J connectivity index is 2.76. The molecule has 0 amide bonds. The molecular weight excluding hydrogens is 230 g/mol. The second-order valence-electron chi connectivity index (χ2n) is 4.97. The van der Waals surface area contributed by atoms with Gasteiger partial charge in [0.2, 0.25) is 0 Å². The van der Waals surface area contributed by atoms with E-state index in [0.29, 0.717) is 11.6 Å². The van der Waals surface area contributed by atoms with Gasteiger partial charge in [-0.15, -0.1) is 0 Å². The summed E-state index contributed by atoms with van der Waals surface area (Å²) in [5, 5.41) is 0. The zero-order chi connectivity index (χ0) is 12.7. The number of hydrogen-bond donors (Lipinski definition) is 1. The second kappa shape index (κ2) is 7.51. The normalized spacial score (nSPS) is 19.8. The van der Waals surface area contributed by atoms with Gasteiger partial charge in [-0.1, -0.05) is 26.7 Å². The van der Waals surface area contributed by atoms with Crippen LogP contribution in [0, 0.1) is 0 Å². The largest absolute Gasteiger partial charge is 0.428 e. The first-order valence-corrected chi connectivity index (χ1v) is 9.13. The standard InChI is InChI=1S/C13H29NO2Si/c1-5-12(4)14-17(15-6-2,16-7-3)13-10-8-9-11-13/h12-14H,5-11H2,1-4H3. The maximum atomic E-state index is 6.13. The third kappa shape index (κ3) is 4.05. The Labute approximate surface area is 108 Å². The fourth-order valence-electron chi connectivity index (χ4n) is 2.66. The van der Waals surface area contributed by atoms with E-state index in [1.165, 1.54) is 25.7 Å². The van der Waals surface area contributed by atoms with Gasteiger partial charge in [-0.2, -0.15) is 0 Å². The average molecular weight is 259 g/mol. The number of nitrogens with one attached hydrogen (secondary N) is 1. The summed E-state index contributed by atoms with van der Waals surface area (Å²) in [6, 6.07) is 0.486. The molecule has 0 spiro atoms. The van der Waals surface area contributed by atoms with E-state index in [4.69, 9.17) is 8.85 Å². The highest BCUT2D eigenvalue weighted by atomic mass is 28.4. The van der Waals surface area contributed by atoms with Crippen molar-refractivity contribution in [1.82, 2.24) is 4.98 Å². The Morgan fingerprint density at radius 3 is 2.06 bits per heavy atom. The molecule has 0 aromatic carbocycles. The zero-order valence-electron chi connectivity index (χ0n) is 11.9. The van der Waals surface area contributed by atoms with E-state index in [2.05, 4.69) is 32.7 Å². The summed E-state index contributed by atoms with van der Waals surface area (Å²) in [6.45, 7) is 10.1. The maximum Gasteiger partial charge on any atom is 0.428 e. The molecule has 1 atom stereocenters. The highest BCUT2D eigenvalue weighted by Gasteiger charge is 2.48. The summed E-state index contributed by atoms with van der Waals surface area (Å²) >= 11 is 0. The lowest BCUT2D eigenvalue weighted by atomic mass is 10.3. The molecule has 1 aliphatic carbocycles. The van der Waals surface area contributed by atoms with E-state index in [9.17, 15) is 0 Å². The van der Waals surface area contributed by atoms with E-state index in [0.717, 1.165) is 19.6 Å². The van der Waals surface area contributed by atoms with Crippen LogP contribution in [0.1, 0.15) is 59.8 Å². The minimum absolute atomic E-state index is 0.486. The number of rotatable bonds is 8. The Kier molecular flexibility index (Phi) is 6.70. The van der Waals surface area contributed by atoms with Crippen LogP contribution >= 0.6 is 0 Å². The molecule has 1 unspecified atom stereocenters. The van der Waals surface area contributed by atoms with Gasteiger partial charge in [0, 0.05) is 24.8 Å². The first kappa shape index (κ1) is 15.2. The van der Waals surface area contributed by atoms with Gasteiger partial charge >= 0.3 is 8.72 Å². The van der Waals surface area contributed by atoms with Crippen LogP contribution in [0.2, 0.25) is 5.54 Å². The summed E-state index contributed by atoms with van der Waals surface area (Å²) in [5.41, 5.74) is 0.636. The third-order valence-corrected chi connectivity index (χ3v) is 7.65. The molecule has 1 saturated carbocycles. The molecule has 0 radical (unpaired) electrons. The molecule has 0 heterocycles. The van der Waals surface area contributed by atoms with Crippen LogP contribution in [-0.2, 0) is 8.85 Å². The third-order valence-electron chi connectivity index (χ3n) is 3.67. The van der Waals surface area contributed by atoms with E-state index in [-0.39, 0.29) is 0 Å². The second-order valence-corrected chi connectivity index (χ2v) is 7.99. The highest BCUT2D eigenvalue weighted by molar-refractivity contribution is 6.66. The molecule has 4 heteroatoms. The summed E-state index contributed by atoms with van der Waals surface area (Å²) < 4.78 is 12.3. The first-order valence-electron chi connectivity index (χ1n) is 7.24. The SMILES string of the molecule is CCO[Si](NC(C)CC)(OCC)C1CCCC1. The lowest BCUT2D eigenvalue weighted by Gasteiger charge is -2.37. The molecule has 1 N–H and O–H groups in total. The fourth-order valence-corrected chi connectivity index (χ4v) is 6.53. The van der Waals surface area contributed by atoms with Crippen molar-refractivity contribution in [3.63, 3.8) is 0 Å². The Bertz CT molecular complexity index is 202. The van der Waals surface area contributed by atoms with E-state index in [1.807, 2.05) is 0 Å². The van der Waals surface area contributed by atoms with Gasteiger partial charge in [-0.05, 0) is 33.1 Å². The Hall–Kier alpha value is 0.0969. The average Bonchev–Trinajstić information content (AvgIpc) is 2.83. The van der Waals surface area contributed by atoms with Crippen molar-refractivity contribution in [1.29, 1.82) is 0 Å². The van der Waals surface area contributed by atoms with Gasteiger partial charge in [-0.3, -0.25) is 4.98 Å². The molecule has 0 saturated heterocycles. The van der Waals surface area contributed by atoms with Gasteiger partial charge in [0.05, 0.1) is 0 Å². The van der Waals surface area contributed by atoms with Gasteiger partial charge in [0.25, 0.3) is 0 Å². The lowest BCUT2D eigenvalue weighted by Crippen LogP contribution is -2.62. The van der Waals surface area contributed by atoms with Crippen LogP contribution in [0.5, 0.6) is 0 Å². The highest BCUT2D eigenvalue weighted by Crippen LogP contribution is 2.38. The predicted molar refractivity (Wildman–Crippen MR) is 74.1 cm³/mol. The minimum atomic E-state index is -2.20. The van der Waals surface area contributed by atoms with Crippen molar-refractivity contribution >= 4 is 8.72 Å². The fraction of sp³-hybridized carbons (Fsp3) is 1.00. The Morgan fingerprint density at radius 2 is 1.65 bits per heavy atom. The summed E-state index contributed by atoms with van der Waals surface area (Å²) in [6.07, 6.45) is 6.34. The van der Waals surface area contributed by atoms with Crippen LogP contribution in [0.3, 0.4) is 0 Å². The van der Waals surface area contributed by atoms with Gasteiger partial charge in [0.1, 0.15) is 0 Å². The van der Waals surface area contributed by atoms with E-state index < -0.39 is 8.72 Å². The van der Waals surface area contributed by atoms with Crippen molar-refractivity contribution in [3.8, 4) is 0 Å². The van der Waals surface area contributed by atoms with E-state index >= 15 is 0 Å². The van der Waals surface area contributed by atoms with E-state index in [1.54, 1.807) is 0 Å². The van der Waals surface area contributed by atoms with Crippen LogP contribution in [0.4, 0.5) is 0 Å². The number of hydrogen-bond acceptors (Lipinski definition) is 3. The lowest BCUT2D eigenvalue weighted by molar-refractivity contribution is 0.155. The molecular formula is C13H29NO2Si. The molecule has 0 aliphatic heterocycles. The minimum Gasteiger partial charge on any atom is -0.383 e. The van der Waals surface area contributed by atoms with Crippen molar-refractivity contribution in [2.24, 2.45) is 0 Å². The molecule has 0 aromatic heterocycles. The topological polar surface area (TPSA) is 30.5 Å². The monoisotopic (exact) mass is 259 g/mol. The molecule has 3 nitrogen and oxygen atoms in total. The Morgan fingerprint density at radius 1 is 1.12 bits per heavy atom. The summed E-state index contributed by atoms with van der Waals surface area (Å²) in [4.78, 5) is 3.72. The molecule has 1 rings (SSSR count). The smallest absolute Gasteiger partial charge is 0.383 e. The molecule has 0 aromatic rings. The molecule has 17 heavy (non-hydrogen) atoms. The molecule has 1 fully saturated rings. The van der Waals surface area contributed by atoms with Crippen molar-refractivity contribution < 1.29 is 8.85 Å². The predicted octanol–water partition coefficient (Wildman–Crippen LogP) is 3.33. The van der Waals surface area contributed by atoms with Gasteiger partial charge in [0.15, 0.2) is 0 Å². The van der Waals surface area contributed by atoms with Crippen LogP contribution in [0.25, 0.3) is 0 Å². The molecule has 1 aliphatic rings. The van der Waals surface area contributed by atoms with Gasteiger partial charge in [-0.25, -0.2) is 0 Å². The van der Waals surface area contributed by atoms with Gasteiger partial charge < -0.3 is 8.85 Å². The van der Waals surface area contributed by atoms with Crippen molar-refractivity contribution in [3.05, 3.63) is 0 Å². The molecule has 0 bridgehead atoms. The quantitative estimate of drug-likeness (QED) is 0.678. The molecule has 102 valence electrons. The first-order chi connectivity index (χ1) is 8.18. The van der Waals surface area contributed by atoms with Crippen LogP contribution in [0.15, 0.2) is 0 Å². The van der Waals surface area contributed by atoms with Crippen molar-refractivity contribution in [2.45, 2.75) is 71.4 Å².